The van der Waals surface area contributed by atoms with Crippen molar-refractivity contribution in [3.63, 3.8) is 0 Å². The van der Waals surface area contributed by atoms with Gasteiger partial charge in [0.15, 0.2) is 0 Å². The summed E-state index contributed by atoms with van der Waals surface area (Å²) in [6.07, 6.45) is 0.889. The van der Waals surface area contributed by atoms with Crippen molar-refractivity contribution in [1.82, 2.24) is 0 Å². The van der Waals surface area contributed by atoms with E-state index in [2.05, 4.69) is 51.7 Å². The summed E-state index contributed by atoms with van der Waals surface area (Å²) in [7, 11) is 0. The third-order valence-corrected chi connectivity index (χ3v) is 1.41. The molecule has 0 amide bonds. The van der Waals surface area contributed by atoms with Gasteiger partial charge in [-0.3, -0.25) is 0 Å². The summed E-state index contributed by atoms with van der Waals surface area (Å²) in [5, 5.41) is 0. The number of hydrogen-bond acceptors (Lipinski definition) is 0. The number of hydrogen-bond donors (Lipinski definition) is 0. The molecule has 56 valence electrons. The Morgan fingerprint density at radius 1 is 1.27 bits per heavy atom. The normalized spacial score (nSPS) is 8.45. The Labute approximate surface area is 85.4 Å². The first-order valence-electron chi connectivity index (χ1n) is 3.44. The van der Waals surface area contributed by atoms with E-state index in [1.807, 2.05) is 0 Å². The Morgan fingerprint density at radius 2 is 1.73 bits per heavy atom. The molecule has 0 spiro atoms. The minimum atomic E-state index is 0.889. The summed E-state index contributed by atoms with van der Waals surface area (Å²) in [5.41, 5.74) is 2.62. The van der Waals surface area contributed by atoms with Crippen molar-refractivity contribution in [2.24, 2.45) is 0 Å². The van der Waals surface area contributed by atoms with E-state index >= 15 is 0 Å². The molecule has 0 atom stereocenters. The Kier molecular flexibility index (Phi) is 7.20. The topological polar surface area (TPSA) is 0 Å². The summed E-state index contributed by atoms with van der Waals surface area (Å²) in [4.78, 5) is 0. The molecule has 0 nitrogen and oxygen atoms in total. The Balaban J connectivity index is 0.000000461. The minimum absolute atomic E-state index is 0.889. The van der Waals surface area contributed by atoms with E-state index in [9.17, 15) is 0 Å². The van der Waals surface area contributed by atoms with Crippen molar-refractivity contribution in [2.45, 2.75) is 13.3 Å². The van der Waals surface area contributed by atoms with Crippen LogP contribution >= 0.6 is 13.6 Å². The van der Waals surface area contributed by atoms with Gasteiger partial charge in [-0.2, -0.15) is 6.42 Å². The molecule has 0 saturated carbocycles. The summed E-state index contributed by atoms with van der Waals surface area (Å²) in [6.45, 7) is 5.88. The average Bonchev–Trinajstić information content (AvgIpc) is 2.10. The van der Waals surface area contributed by atoms with Gasteiger partial charge in [-0.15, -0.1) is 0 Å². The molecular weight excluding hydrogens is 253 g/mol. The number of halogens is 1. The summed E-state index contributed by atoms with van der Waals surface area (Å²) in [6, 6.07) is 8.45. The molecule has 0 saturated heterocycles. The molecular formula is C9H11BrZn. The molecule has 1 rings (SSSR count). The first-order chi connectivity index (χ1) is 5.33. The van der Waals surface area contributed by atoms with Gasteiger partial charge in [0, 0.05) is 0 Å². The molecule has 1 aromatic carbocycles. The van der Waals surface area contributed by atoms with Crippen LogP contribution in [0, 0.1) is 13.8 Å². The van der Waals surface area contributed by atoms with E-state index in [0.29, 0.717) is 0 Å². The van der Waals surface area contributed by atoms with Crippen LogP contribution in [-0.2, 0) is 22.8 Å². The van der Waals surface area contributed by atoms with Gasteiger partial charge in [0.1, 0.15) is 0 Å². The Hall–Kier alpha value is 0.323. The van der Waals surface area contributed by atoms with Crippen molar-refractivity contribution < 1.29 is 16.3 Å². The molecule has 11 heavy (non-hydrogen) atoms. The molecule has 1 aromatic rings. The molecule has 2 heteroatoms. The van der Waals surface area contributed by atoms with Gasteiger partial charge in [-0.25, -0.2) is 0 Å². The number of benzene rings is 1. The maximum atomic E-state index is 3.79. The third kappa shape index (κ3) is 4.71. The predicted octanol–water partition coefficient (Wildman–Crippen LogP) is 3.21. The van der Waals surface area contributed by atoms with Crippen molar-refractivity contribution in [3.8, 4) is 0 Å². The zero-order chi connectivity index (χ0) is 8.69. The molecule has 0 aliphatic heterocycles. The second-order valence-corrected chi connectivity index (χ2v) is 2.24. The molecule has 0 N–H and O–H groups in total. The van der Waals surface area contributed by atoms with Gasteiger partial charge in [-0.1, -0.05) is 35.4 Å². The first-order valence-corrected chi connectivity index (χ1v) is 10.4. The van der Waals surface area contributed by atoms with Crippen LogP contribution in [0.1, 0.15) is 11.1 Å². The van der Waals surface area contributed by atoms with Crippen LogP contribution in [0.2, 0.25) is 0 Å². The van der Waals surface area contributed by atoms with Gasteiger partial charge in [-0.05, 0) is 6.92 Å². The maximum absolute atomic E-state index is 3.79. The van der Waals surface area contributed by atoms with Gasteiger partial charge in [0.2, 0.25) is 0 Å². The SMILES string of the molecule is [CH2-]Cc1ccc(C)cc1.[Zn+][Br]. The average molecular weight is 264 g/mol. The summed E-state index contributed by atoms with van der Waals surface area (Å²) < 4.78 is 0. The third-order valence-electron chi connectivity index (χ3n) is 1.41. The fourth-order valence-electron chi connectivity index (χ4n) is 0.755. The van der Waals surface area contributed by atoms with E-state index in [1.165, 1.54) is 27.5 Å². The van der Waals surface area contributed by atoms with Crippen LogP contribution < -0.4 is 0 Å². The van der Waals surface area contributed by atoms with Gasteiger partial charge >= 0.3 is 30.0 Å². The molecule has 0 heterocycles. The van der Waals surface area contributed by atoms with Crippen molar-refractivity contribution in [1.29, 1.82) is 0 Å². The molecule has 0 unspecified atom stereocenters. The molecule has 0 radical (unpaired) electrons. The zero-order valence-electron chi connectivity index (χ0n) is 6.81. The van der Waals surface area contributed by atoms with Crippen LogP contribution in [-0.4, -0.2) is 0 Å². The Bertz CT molecular complexity index is 181. The van der Waals surface area contributed by atoms with Crippen molar-refractivity contribution in [2.75, 3.05) is 0 Å². The zero-order valence-corrected chi connectivity index (χ0v) is 11.4. The van der Waals surface area contributed by atoms with Gasteiger partial charge in [0.25, 0.3) is 0 Å². The van der Waals surface area contributed by atoms with Crippen LogP contribution in [0.4, 0.5) is 0 Å². The molecule has 0 fully saturated rings. The standard InChI is InChI=1S/C9H11.BrH.Zn/c1-3-9-6-4-8(2)5-7-9;;/h4-7H,1,3H2,2H3;1H;/q-1;;+2/p-1. The van der Waals surface area contributed by atoms with Crippen LogP contribution in [0.15, 0.2) is 24.3 Å². The summed E-state index contributed by atoms with van der Waals surface area (Å²) >= 11 is 4.25. The van der Waals surface area contributed by atoms with Gasteiger partial charge in [0.05, 0.1) is 0 Å². The van der Waals surface area contributed by atoms with Crippen LogP contribution in [0.25, 0.3) is 0 Å². The van der Waals surface area contributed by atoms with E-state index in [4.69, 9.17) is 0 Å². The first kappa shape index (κ1) is 11.3. The predicted molar refractivity (Wildman–Crippen MR) is 49.2 cm³/mol. The van der Waals surface area contributed by atoms with E-state index in [1.54, 1.807) is 0 Å². The monoisotopic (exact) mass is 262 g/mol. The van der Waals surface area contributed by atoms with Gasteiger partial charge < -0.3 is 6.92 Å². The Morgan fingerprint density at radius 3 is 2.09 bits per heavy atom. The second-order valence-electron chi connectivity index (χ2n) is 2.24. The second kappa shape index (κ2) is 7.00. The molecule has 0 aromatic heterocycles. The summed E-state index contributed by atoms with van der Waals surface area (Å²) in [5.74, 6) is 0. The molecule has 0 bridgehead atoms. The van der Waals surface area contributed by atoms with Crippen molar-refractivity contribution in [3.05, 3.63) is 42.3 Å². The quantitative estimate of drug-likeness (QED) is 0.540. The van der Waals surface area contributed by atoms with Crippen LogP contribution in [0.3, 0.4) is 0 Å². The van der Waals surface area contributed by atoms with Crippen LogP contribution in [0.5, 0.6) is 0 Å². The van der Waals surface area contributed by atoms with Crippen molar-refractivity contribution >= 4 is 13.6 Å². The fraction of sp³-hybridized carbons (Fsp3) is 0.222. The number of rotatable bonds is 1. The van der Waals surface area contributed by atoms with E-state index < -0.39 is 0 Å². The molecule has 0 aliphatic rings. The fourth-order valence-corrected chi connectivity index (χ4v) is 0.755. The van der Waals surface area contributed by atoms with E-state index in [0.717, 1.165) is 6.42 Å². The number of aryl methyl sites for hydroxylation is 1. The van der Waals surface area contributed by atoms with E-state index in [-0.39, 0.29) is 0 Å². The molecule has 0 aliphatic carbocycles.